The number of benzene rings is 2. The van der Waals surface area contributed by atoms with E-state index in [1.54, 1.807) is 23.5 Å². The Morgan fingerprint density at radius 3 is 2.80 bits per heavy atom. The standard InChI is InChI=1S/C12H6ClFS/c13-7-4-5-8-11(6-7)15-10-3-1-2-9(14)12(8)10/h1-6H. The fourth-order valence-corrected chi connectivity index (χ4v) is 3.15. The molecule has 15 heavy (non-hydrogen) atoms. The largest absolute Gasteiger partial charge is 0.206 e. The average molecular weight is 237 g/mol. The zero-order chi connectivity index (χ0) is 10.4. The lowest BCUT2D eigenvalue weighted by molar-refractivity contribution is 0.641. The van der Waals surface area contributed by atoms with E-state index >= 15 is 0 Å². The second-order valence-corrected chi connectivity index (χ2v) is 4.88. The first-order valence-corrected chi connectivity index (χ1v) is 5.71. The van der Waals surface area contributed by atoms with Crippen LogP contribution in [-0.2, 0) is 0 Å². The highest BCUT2D eigenvalue weighted by molar-refractivity contribution is 7.25. The van der Waals surface area contributed by atoms with Gasteiger partial charge in [0.05, 0.1) is 0 Å². The third kappa shape index (κ3) is 1.33. The first-order chi connectivity index (χ1) is 7.25. The third-order valence-electron chi connectivity index (χ3n) is 2.41. The predicted octanol–water partition coefficient (Wildman–Crippen LogP) is 4.85. The Labute approximate surface area is 94.9 Å². The van der Waals surface area contributed by atoms with Crippen molar-refractivity contribution in [2.75, 3.05) is 0 Å². The van der Waals surface area contributed by atoms with Crippen molar-refractivity contribution < 1.29 is 4.39 Å². The molecule has 0 saturated heterocycles. The zero-order valence-electron chi connectivity index (χ0n) is 7.63. The van der Waals surface area contributed by atoms with Crippen molar-refractivity contribution in [1.29, 1.82) is 0 Å². The molecule has 3 aromatic rings. The molecule has 0 aliphatic rings. The van der Waals surface area contributed by atoms with E-state index in [9.17, 15) is 4.39 Å². The number of hydrogen-bond donors (Lipinski definition) is 0. The first-order valence-electron chi connectivity index (χ1n) is 4.52. The summed E-state index contributed by atoms with van der Waals surface area (Å²) in [6, 6.07) is 10.7. The summed E-state index contributed by atoms with van der Waals surface area (Å²) in [6.45, 7) is 0. The number of rotatable bonds is 0. The van der Waals surface area contributed by atoms with Gasteiger partial charge in [0, 0.05) is 25.2 Å². The molecular formula is C12H6ClFS. The Bertz CT molecular complexity index is 657. The highest BCUT2D eigenvalue weighted by Gasteiger charge is 2.08. The molecule has 2 aromatic carbocycles. The third-order valence-corrected chi connectivity index (χ3v) is 3.76. The zero-order valence-corrected chi connectivity index (χ0v) is 9.20. The highest BCUT2D eigenvalue weighted by atomic mass is 35.5. The summed E-state index contributed by atoms with van der Waals surface area (Å²) in [4.78, 5) is 0. The molecule has 0 nitrogen and oxygen atoms in total. The lowest BCUT2D eigenvalue weighted by Crippen LogP contribution is -1.73. The topological polar surface area (TPSA) is 0 Å². The molecule has 3 heteroatoms. The highest BCUT2D eigenvalue weighted by Crippen LogP contribution is 2.36. The van der Waals surface area contributed by atoms with Crippen molar-refractivity contribution in [1.82, 2.24) is 0 Å². The van der Waals surface area contributed by atoms with Crippen molar-refractivity contribution >= 4 is 43.1 Å². The molecular weight excluding hydrogens is 231 g/mol. The van der Waals surface area contributed by atoms with Crippen molar-refractivity contribution in [2.45, 2.75) is 0 Å². The smallest absolute Gasteiger partial charge is 0.132 e. The predicted molar refractivity (Wildman–Crippen MR) is 64.3 cm³/mol. The number of hydrogen-bond acceptors (Lipinski definition) is 1. The molecule has 0 bridgehead atoms. The van der Waals surface area contributed by atoms with Gasteiger partial charge in [-0.2, -0.15) is 0 Å². The van der Waals surface area contributed by atoms with Gasteiger partial charge in [-0.25, -0.2) is 4.39 Å². The molecule has 0 amide bonds. The van der Waals surface area contributed by atoms with Crippen LogP contribution in [0.2, 0.25) is 5.02 Å². The second kappa shape index (κ2) is 3.19. The molecule has 0 saturated carbocycles. The van der Waals surface area contributed by atoms with E-state index in [4.69, 9.17) is 11.6 Å². The number of fused-ring (bicyclic) bond motifs is 3. The van der Waals surface area contributed by atoms with Crippen molar-refractivity contribution in [3.63, 3.8) is 0 Å². The van der Waals surface area contributed by atoms with Crippen LogP contribution in [0.4, 0.5) is 4.39 Å². The molecule has 0 N–H and O–H groups in total. The summed E-state index contributed by atoms with van der Waals surface area (Å²) in [6.07, 6.45) is 0. The Balaban J connectivity index is 2.59. The van der Waals surface area contributed by atoms with Crippen LogP contribution >= 0.6 is 22.9 Å². The van der Waals surface area contributed by atoms with Crippen LogP contribution in [0, 0.1) is 5.82 Å². The maximum absolute atomic E-state index is 13.6. The minimum Gasteiger partial charge on any atom is -0.206 e. The fourth-order valence-electron chi connectivity index (χ4n) is 1.76. The lowest BCUT2D eigenvalue weighted by atomic mass is 10.1. The van der Waals surface area contributed by atoms with E-state index in [1.165, 1.54) is 6.07 Å². The number of thiophene rings is 1. The van der Waals surface area contributed by atoms with Crippen LogP contribution in [0.15, 0.2) is 36.4 Å². The Morgan fingerprint density at radius 2 is 1.93 bits per heavy atom. The van der Waals surface area contributed by atoms with Crippen LogP contribution in [0.3, 0.4) is 0 Å². The summed E-state index contributed by atoms with van der Waals surface area (Å²) >= 11 is 7.46. The molecule has 3 rings (SSSR count). The lowest BCUT2D eigenvalue weighted by Gasteiger charge is -1.93. The van der Waals surface area contributed by atoms with Gasteiger partial charge in [0.15, 0.2) is 0 Å². The summed E-state index contributed by atoms with van der Waals surface area (Å²) < 4.78 is 15.6. The van der Waals surface area contributed by atoms with E-state index < -0.39 is 0 Å². The molecule has 0 atom stereocenters. The molecule has 0 fully saturated rings. The molecule has 0 aliphatic carbocycles. The summed E-state index contributed by atoms with van der Waals surface area (Å²) in [5.74, 6) is -0.166. The number of halogens is 2. The minimum absolute atomic E-state index is 0.166. The van der Waals surface area contributed by atoms with E-state index in [2.05, 4.69) is 0 Å². The molecule has 1 heterocycles. The maximum atomic E-state index is 13.6. The van der Waals surface area contributed by atoms with Gasteiger partial charge in [-0.15, -0.1) is 11.3 Å². The molecule has 0 aliphatic heterocycles. The Hall–Kier alpha value is -1.12. The Morgan fingerprint density at radius 1 is 1.07 bits per heavy atom. The van der Waals surface area contributed by atoms with E-state index in [-0.39, 0.29) is 5.82 Å². The normalized spacial score (nSPS) is 11.3. The second-order valence-electron chi connectivity index (χ2n) is 3.36. The fraction of sp³-hybridized carbons (Fsp3) is 0. The maximum Gasteiger partial charge on any atom is 0.132 e. The van der Waals surface area contributed by atoms with Gasteiger partial charge in [0.1, 0.15) is 5.82 Å². The van der Waals surface area contributed by atoms with Gasteiger partial charge in [0.25, 0.3) is 0 Å². The quantitative estimate of drug-likeness (QED) is 0.524. The van der Waals surface area contributed by atoms with Crippen molar-refractivity contribution in [2.24, 2.45) is 0 Å². The van der Waals surface area contributed by atoms with Crippen LogP contribution in [0.5, 0.6) is 0 Å². The van der Waals surface area contributed by atoms with Crippen LogP contribution in [0.25, 0.3) is 20.2 Å². The molecule has 0 unspecified atom stereocenters. The summed E-state index contributed by atoms with van der Waals surface area (Å²) in [7, 11) is 0. The SMILES string of the molecule is Fc1cccc2sc3cc(Cl)ccc3c12. The van der Waals surface area contributed by atoms with Gasteiger partial charge >= 0.3 is 0 Å². The molecule has 1 aromatic heterocycles. The van der Waals surface area contributed by atoms with E-state index in [1.807, 2.05) is 18.2 Å². The first kappa shape index (κ1) is 9.13. The van der Waals surface area contributed by atoms with Gasteiger partial charge in [-0.3, -0.25) is 0 Å². The Kier molecular flexibility index (Phi) is 1.94. The van der Waals surface area contributed by atoms with Gasteiger partial charge in [-0.1, -0.05) is 23.7 Å². The van der Waals surface area contributed by atoms with Crippen LogP contribution in [0.1, 0.15) is 0 Å². The van der Waals surface area contributed by atoms with Gasteiger partial charge in [0.2, 0.25) is 0 Å². The van der Waals surface area contributed by atoms with Crippen molar-refractivity contribution in [3.05, 3.63) is 47.2 Å². The summed E-state index contributed by atoms with van der Waals surface area (Å²) in [5, 5.41) is 2.33. The minimum atomic E-state index is -0.166. The van der Waals surface area contributed by atoms with Gasteiger partial charge < -0.3 is 0 Å². The van der Waals surface area contributed by atoms with E-state index in [0.29, 0.717) is 10.4 Å². The van der Waals surface area contributed by atoms with Crippen LogP contribution < -0.4 is 0 Å². The summed E-state index contributed by atoms with van der Waals surface area (Å²) in [5.41, 5.74) is 0. The monoisotopic (exact) mass is 236 g/mol. The average Bonchev–Trinajstić information content (AvgIpc) is 2.56. The molecule has 0 radical (unpaired) electrons. The van der Waals surface area contributed by atoms with E-state index in [0.717, 1.165) is 14.8 Å². The van der Waals surface area contributed by atoms with Crippen molar-refractivity contribution in [3.8, 4) is 0 Å². The molecule has 0 spiro atoms. The molecule has 74 valence electrons. The van der Waals surface area contributed by atoms with Gasteiger partial charge in [-0.05, 0) is 24.3 Å². The van der Waals surface area contributed by atoms with Crippen LogP contribution in [-0.4, -0.2) is 0 Å².